The van der Waals surface area contributed by atoms with E-state index in [9.17, 15) is 13.2 Å². The Hall–Kier alpha value is -2.23. The van der Waals surface area contributed by atoms with Crippen LogP contribution < -0.4 is 5.32 Å². The highest BCUT2D eigenvalue weighted by atomic mass is 19.4. The molecule has 0 radical (unpaired) electrons. The summed E-state index contributed by atoms with van der Waals surface area (Å²) in [5.74, 6) is 2.09. The van der Waals surface area contributed by atoms with Crippen LogP contribution in [0, 0.1) is 0 Å². The molecule has 1 N–H and O–H groups in total. The van der Waals surface area contributed by atoms with Crippen molar-refractivity contribution in [1.29, 1.82) is 0 Å². The summed E-state index contributed by atoms with van der Waals surface area (Å²) in [6, 6.07) is 1.03. The summed E-state index contributed by atoms with van der Waals surface area (Å²) in [5.41, 5.74) is -0.934. The summed E-state index contributed by atoms with van der Waals surface area (Å²) < 4.78 is 43.4. The van der Waals surface area contributed by atoms with Crippen molar-refractivity contribution in [1.82, 2.24) is 25.0 Å². The van der Waals surface area contributed by atoms with Crippen molar-refractivity contribution in [2.24, 2.45) is 0 Å². The third-order valence-electron chi connectivity index (χ3n) is 4.67. The van der Waals surface area contributed by atoms with Crippen LogP contribution in [-0.2, 0) is 12.7 Å². The van der Waals surface area contributed by atoms with Gasteiger partial charge in [-0.3, -0.25) is 4.90 Å². The Morgan fingerprint density at radius 3 is 2.62 bits per heavy atom. The average Bonchev–Trinajstić information content (AvgIpc) is 3.36. The van der Waals surface area contributed by atoms with Gasteiger partial charge >= 0.3 is 6.18 Å². The molecular weight excluding hydrogens is 349 g/mol. The number of likely N-dealkylation sites (tertiary alicyclic amines) is 1. The first-order valence-electron chi connectivity index (χ1n) is 8.68. The molecule has 0 unspecified atom stereocenters. The summed E-state index contributed by atoms with van der Waals surface area (Å²) in [6.07, 6.45) is 0.327. The van der Waals surface area contributed by atoms with Gasteiger partial charge < -0.3 is 9.84 Å². The molecule has 0 aromatic carbocycles. The standard InChI is InChI=1S/C16H19F3N6O/c17-16(18,19)12-7-13(21-9-20-12)22-11-3-5-25(6-4-11)8-14-23-15(26-24-14)10-1-2-10/h7,9-11H,1-6,8H2,(H,20,21,22). The van der Waals surface area contributed by atoms with E-state index < -0.39 is 11.9 Å². The minimum Gasteiger partial charge on any atom is -0.367 e. The number of alkyl halides is 3. The lowest BCUT2D eigenvalue weighted by molar-refractivity contribution is -0.141. The molecule has 2 aromatic rings. The quantitative estimate of drug-likeness (QED) is 0.869. The Morgan fingerprint density at radius 2 is 1.92 bits per heavy atom. The second-order valence-corrected chi connectivity index (χ2v) is 6.80. The molecule has 0 atom stereocenters. The first kappa shape index (κ1) is 17.2. The molecule has 0 amide bonds. The number of nitrogens with one attached hydrogen (secondary N) is 1. The van der Waals surface area contributed by atoms with Gasteiger partial charge in [0.1, 0.15) is 17.8 Å². The number of anilines is 1. The largest absolute Gasteiger partial charge is 0.433 e. The van der Waals surface area contributed by atoms with Crippen LogP contribution >= 0.6 is 0 Å². The van der Waals surface area contributed by atoms with E-state index in [0.29, 0.717) is 18.3 Å². The zero-order valence-corrected chi connectivity index (χ0v) is 14.0. The van der Waals surface area contributed by atoms with Crippen LogP contribution in [0.25, 0.3) is 0 Å². The highest BCUT2D eigenvalue weighted by Gasteiger charge is 2.33. The minimum atomic E-state index is -4.47. The Kier molecular flexibility index (Phi) is 4.51. The lowest BCUT2D eigenvalue weighted by atomic mass is 10.1. The monoisotopic (exact) mass is 368 g/mol. The van der Waals surface area contributed by atoms with Gasteiger partial charge in [-0.05, 0) is 25.7 Å². The van der Waals surface area contributed by atoms with Gasteiger partial charge in [0.2, 0.25) is 5.89 Å². The number of hydrogen-bond donors (Lipinski definition) is 1. The fourth-order valence-electron chi connectivity index (χ4n) is 3.06. The van der Waals surface area contributed by atoms with Gasteiger partial charge in [0.25, 0.3) is 0 Å². The smallest absolute Gasteiger partial charge is 0.367 e. The normalized spacial score (nSPS) is 19.7. The van der Waals surface area contributed by atoms with Crippen LogP contribution in [0.1, 0.15) is 49.0 Å². The zero-order valence-electron chi connectivity index (χ0n) is 14.0. The molecule has 0 spiro atoms. The van der Waals surface area contributed by atoms with E-state index in [2.05, 4.69) is 30.3 Å². The Morgan fingerprint density at radius 1 is 1.15 bits per heavy atom. The maximum absolute atomic E-state index is 12.7. The maximum atomic E-state index is 12.7. The summed E-state index contributed by atoms with van der Waals surface area (Å²) >= 11 is 0. The number of rotatable bonds is 5. The van der Waals surface area contributed by atoms with Crippen LogP contribution in [0.3, 0.4) is 0 Å². The number of hydrogen-bond acceptors (Lipinski definition) is 7. The molecule has 4 rings (SSSR count). The van der Waals surface area contributed by atoms with Crippen LogP contribution in [-0.4, -0.2) is 44.1 Å². The Labute approximate surface area is 148 Å². The predicted octanol–water partition coefficient (Wildman–Crippen LogP) is 2.83. The second-order valence-electron chi connectivity index (χ2n) is 6.80. The van der Waals surface area contributed by atoms with Gasteiger partial charge in [-0.2, -0.15) is 18.2 Å². The van der Waals surface area contributed by atoms with Crippen molar-refractivity contribution < 1.29 is 17.7 Å². The van der Waals surface area contributed by atoms with Crippen LogP contribution in [0.15, 0.2) is 16.9 Å². The minimum absolute atomic E-state index is 0.0783. The highest BCUT2D eigenvalue weighted by Crippen LogP contribution is 2.38. The van der Waals surface area contributed by atoms with E-state index in [1.54, 1.807) is 0 Å². The topological polar surface area (TPSA) is 80.0 Å². The number of piperidine rings is 1. The first-order valence-corrected chi connectivity index (χ1v) is 8.68. The van der Waals surface area contributed by atoms with Crippen LogP contribution in [0.4, 0.5) is 19.0 Å². The molecule has 26 heavy (non-hydrogen) atoms. The van der Waals surface area contributed by atoms with Crippen LogP contribution in [0.5, 0.6) is 0 Å². The summed E-state index contributed by atoms with van der Waals surface area (Å²) in [7, 11) is 0. The summed E-state index contributed by atoms with van der Waals surface area (Å²) in [5, 5.41) is 7.10. The van der Waals surface area contributed by atoms with Gasteiger partial charge in [-0.25, -0.2) is 9.97 Å². The SMILES string of the molecule is FC(F)(F)c1cc(NC2CCN(Cc3noc(C4CC4)n3)CC2)ncn1. The van der Waals surface area contributed by atoms with Gasteiger partial charge in [0.05, 0.1) is 6.54 Å². The van der Waals surface area contributed by atoms with E-state index >= 15 is 0 Å². The number of halogens is 3. The van der Waals surface area contributed by atoms with Crippen molar-refractivity contribution in [2.45, 2.75) is 50.4 Å². The molecule has 140 valence electrons. The third kappa shape index (κ3) is 4.12. The van der Waals surface area contributed by atoms with Crippen molar-refractivity contribution >= 4 is 5.82 Å². The van der Waals surface area contributed by atoms with E-state index in [-0.39, 0.29) is 11.9 Å². The molecule has 7 nitrogen and oxygen atoms in total. The molecule has 1 saturated carbocycles. The van der Waals surface area contributed by atoms with Crippen molar-refractivity contribution in [3.8, 4) is 0 Å². The fourth-order valence-corrected chi connectivity index (χ4v) is 3.06. The fraction of sp³-hybridized carbons (Fsp3) is 0.625. The van der Waals surface area contributed by atoms with E-state index in [1.807, 2.05) is 0 Å². The Bertz CT molecular complexity index is 752. The van der Waals surface area contributed by atoms with Gasteiger partial charge in [-0.15, -0.1) is 0 Å². The molecule has 2 fully saturated rings. The predicted molar refractivity (Wildman–Crippen MR) is 85.2 cm³/mol. The summed E-state index contributed by atoms with van der Waals surface area (Å²) in [6.45, 7) is 2.25. The van der Waals surface area contributed by atoms with Gasteiger partial charge in [0.15, 0.2) is 5.82 Å². The van der Waals surface area contributed by atoms with Crippen molar-refractivity contribution in [2.75, 3.05) is 18.4 Å². The highest BCUT2D eigenvalue weighted by molar-refractivity contribution is 5.36. The zero-order chi connectivity index (χ0) is 18.1. The van der Waals surface area contributed by atoms with Gasteiger partial charge in [-0.1, -0.05) is 5.16 Å². The van der Waals surface area contributed by atoms with Crippen molar-refractivity contribution in [3.63, 3.8) is 0 Å². The van der Waals surface area contributed by atoms with E-state index in [1.165, 1.54) is 0 Å². The van der Waals surface area contributed by atoms with Gasteiger partial charge in [0, 0.05) is 31.1 Å². The lowest BCUT2D eigenvalue weighted by Crippen LogP contribution is -2.39. The molecule has 0 bridgehead atoms. The van der Waals surface area contributed by atoms with E-state index in [4.69, 9.17) is 4.52 Å². The second kappa shape index (κ2) is 6.82. The van der Waals surface area contributed by atoms with Crippen molar-refractivity contribution in [3.05, 3.63) is 29.8 Å². The summed E-state index contributed by atoms with van der Waals surface area (Å²) in [4.78, 5) is 13.8. The average molecular weight is 368 g/mol. The molecule has 2 aliphatic rings. The molecule has 10 heteroatoms. The molecular formula is C16H19F3N6O. The molecule has 1 saturated heterocycles. The van der Waals surface area contributed by atoms with E-state index in [0.717, 1.165) is 57.1 Å². The molecule has 1 aliphatic carbocycles. The third-order valence-corrected chi connectivity index (χ3v) is 4.67. The molecule has 3 heterocycles. The Balaban J connectivity index is 1.28. The number of aromatic nitrogens is 4. The molecule has 2 aromatic heterocycles. The number of nitrogens with zero attached hydrogens (tertiary/aromatic N) is 5. The lowest BCUT2D eigenvalue weighted by Gasteiger charge is -2.31. The maximum Gasteiger partial charge on any atom is 0.433 e. The van der Waals surface area contributed by atoms with Crippen LogP contribution in [0.2, 0.25) is 0 Å². The molecule has 1 aliphatic heterocycles. The first-order chi connectivity index (χ1) is 12.5.